The summed E-state index contributed by atoms with van der Waals surface area (Å²) >= 11 is 3.43. The van der Waals surface area contributed by atoms with Gasteiger partial charge in [-0.3, -0.25) is 0 Å². The van der Waals surface area contributed by atoms with E-state index < -0.39 is 6.04 Å². The summed E-state index contributed by atoms with van der Waals surface area (Å²) in [6.07, 6.45) is 0. The Balaban J connectivity index is 2.24. The van der Waals surface area contributed by atoms with Crippen LogP contribution in [0.15, 0.2) is 53.0 Å². The quantitative estimate of drug-likeness (QED) is 0.932. The van der Waals surface area contributed by atoms with Crippen LogP contribution >= 0.6 is 15.9 Å². The molecule has 0 radical (unpaired) electrons. The van der Waals surface area contributed by atoms with Gasteiger partial charge in [-0.15, -0.1) is 0 Å². The normalized spacial score (nSPS) is 11.1. The summed E-state index contributed by atoms with van der Waals surface area (Å²) in [6, 6.07) is 18.5. The first-order valence-electron chi connectivity index (χ1n) is 5.65. The molecule has 3 nitrogen and oxygen atoms in total. The zero-order valence-corrected chi connectivity index (χ0v) is 11.6. The predicted molar refractivity (Wildman–Crippen MR) is 77.3 cm³/mol. The van der Waals surface area contributed by atoms with Crippen molar-refractivity contribution in [1.29, 1.82) is 10.5 Å². The molecule has 4 heteroatoms. The number of nitriles is 2. The van der Waals surface area contributed by atoms with Crippen LogP contribution in [0.5, 0.6) is 0 Å². The first kappa shape index (κ1) is 13.1. The molecule has 0 bridgehead atoms. The summed E-state index contributed by atoms with van der Waals surface area (Å²) in [7, 11) is 0. The molecule has 0 heterocycles. The van der Waals surface area contributed by atoms with Gasteiger partial charge in [0.2, 0.25) is 0 Å². The van der Waals surface area contributed by atoms with Gasteiger partial charge in [0.05, 0.1) is 17.7 Å². The average molecular weight is 312 g/mol. The molecule has 0 spiro atoms. The SMILES string of the molecule is N#Cc1ccc(C(C#N)Nc2ccccc2Br)cc1. The number of halogens is 1. The summed E-state index contributed by atoms with van der Waals surface area (Å²) in [5.41, 5.74) is 2.27. The van der Waals surface area contributed by atoms with E-state index in [2.05, 4.69) is 33.4 Å². The van der Waals surface area contributed by atoms with E-state index in [4.69, 9.17) is 5.26 Å². The van der Waals surface area contributed by atoms with Crippen molar-refractivity contribution in [1.82, 2.24) is 0 Å². The first-order chi connectivity index (χ1) is 9.24. The van der Waals surface area contributed by atoms with Crippen molar-refractivity contribution in [2.75, 3.05) is 5.32 Å². The van der Waals surface area contributed by atoms with Crippen molar-refractivity contribution in [3.8, 4) is 12.1 Å². The van der Waals surface area contributed by atoms with E-state index in [-0.39, 0.29) is 0 Å². The summed E-state index contributed by atoms with van der Waals surface area (Å²) in [6.45, 7) is 0. The molecule has 1 unspecified atom stereocenters. The van der Waals surface area contributed by atoms with Gasteiger partial charge < -0.3 is 5.32 Å². The Kier molecular flexibility index (Phi) is 4.18. The van der Waals surface area contributed by atoms with Crippen molar-refractivity contribution < 1.29 is 0 Å². The highest BCUT2D eigenvalue weighted by molar-refractivity contribution is 9.10. The number of nitrogens with zero attached hydrogens (tertiary/aromatic N) is 2. The van der Waals surface area contributed by atoms with E-state index >= 15 is 0 Å². The van der Waals surface area contributed by atoms with Crippen LogP contribution in [0, 0.1) is 22.7 Å². The summed E-state index contributed by atoms with van der Waals surface area (Å²) in [5, 5.41) is 21.2. The van der Waals surface area contributed by atoms with Crippen LogP contribution in [0.25, 0.3) is 0 Å². The second-order valence-electron chi connectivity index (χ2n) is 3.92. The number of hydrogen-bond donors (Lipinski definition) is 1. The topological polar surface area (TPSA) is 59.6 Å². The van der Waals surface area contributed by atoms with Gasteiger partial charge >= 0.3 is 0 Å². The summed E-state index contributed by atoms with van der Waals surface area (Å²) in [5.74, 6) is 0. The van der Waals surface area contributed by atoms with Crippen molar-refractivity contribution in [3.63, 3.8) is 0 Å². The maximum Gasteiger partial charge on any atom is 0.140 e. The fourth-order valence-corrected chi connectivity index (χ4v) is 2.07. The lowest BCUT2D eigenvalue weighted by atomic mass is 10.1. The van der Waals surface area contributed by atoms with Crippen molar-refractivity contribution >= 4 is 21.6 Å². The minimum absolute atomic E-state index is 0.452. The largest absolute Gasteiger partial charge is 0.365 e. The van der Waals surface area contributed by atoms with Gasteiger partial charge in [0.15, 0.2) is 0 Å². The maximum atomic E-state index is 9.27. The molecule has 0 saturated carbocycles. The number of benzene rings is 2. The molecule has 1 atom stereocenters. The van der Waals surface area contributed by atoms with E-state index in [0.717, 1.165) is 15.7 Å². The molecule has 0 aliphatic heterocycles. The summed E-state index contributed by atoms with van der Waals surface area (Å²) < 4.78 is 0.906. The summed E-state index contributed by atoms with van der Waals surface area (Å²) in [4.78, 5) is 0. The zero-order valence-electron chi connectivity index (χ0n) is 9.97. The maximum absolute atomic E-state index is 9.27. The molecule has 0 amide bonds. The van der Waals surface area contributed by atoms with Crippen LogP contribution in [0.1, 0.15) is 17.2 Å². The lowest BCUT2D eigenvalue weighted by Gasteiger charge is -2.14. The van der Waals surface area contributed by atoms with Crippen molar-refractivity contribution in [2.24, 2.45) is 0 Å². The van der Waals surface area contributed by atoms with Gasteiger partial charge in [-0.2, -0.15) is 10.5 Å². The predicted octanol–water partition coefficient (Wildman–Crippen LogP) is 4.00. The molecule has 0 fully saturated rings. The van der Waals surface area contributed by atoms with E-state index in [1.54, 1.807) is 24.3 Å². The number of para-hydroxylation sites is 1. The first-order valence-corrected chi connectivity index (χ1v) is 6.44. The van der Waals surface area contributed by atoms with E-state index in [1.807, 2.05) is 24.3 Å². The minimum atomic E-state index is -0.452. The average Bonchev–Trinajstić information content (AvgIpc) is 2.47. The molecule has 19 heavy (non-hydrogen) atoms. The minimum Gasteiger partial charge on any atom is -0.365 e. The smallest absolute Gasteiger partial charge is 0.140 e. The number of rotatable bonds is 3. The van der Waals surface area contributed by atoms with E-state index in [0.29, 0.717) is 5.56 Å². The monoisotopic (exact) mass is 311 g/mol. The van der Waals surface area contributed by atoms with Crippen LogP contribution in [0.3, 0.4) is 0 Å². The number of anilines is 1. The molecule has 2 aromatic rings. The Morgan fingerprint density at radius 2 is 1.68 bits per heavy atom. The molecular formula is C15H10BrN3. The Hall–Kier alpha value is -2.30. The van der Waals surface area contributed by atoms with Crippen LogP contribution < -0.4 is 5.32 Å². The molecular weight excluding hydrogens is 302 g/mol. The van der Waals surface area contributed by atoms with Crippen molar-refractivity contribution in [3.05, 3.63) is 64.1 Å². The molecule has 0 saturated heterocycles. The second-order valence-corrected chi connectivity index (χ2v) is 4.77. The Morgan fingerprint density at radius 1 is 1.00 bits per heavy atom. The molecule has 2 rings (SSSR count). The highest BCUT2D eigenvalue weighted by Crippen LogP contribution is 2.26. The highest BCUT2D eigenvalue weighted by atomic mass is 79.9. The Bertz CT molecular complexity index is 650. The van der Waals surface area contributed by atoms with Gasteiger partial charge in [-0.25, -0.2) is 0 Å². The van der Waals surface area contributed by atoms with Gasteiger partial charge in [-0.05, 0) is 45.8 Å². The van der Waals surface area contributed by atoms with Crippen LogP contribution in [-0.2, 0) is 0 Å². The van der Waals surface area contributed by atoms with Gasteiger partial charge in [-0.1, -0.05) is 24.3 Å². The van der Waals surface area contributed by atoms with Gasteiger partial charge in [0.25, 0.3) is 0 Å². The lowest BCUT2D eigenvalue weighted by Crippen LogP contribution is -2.08. The van der Waals surface area contributed by atoms with Gasteiger partial charge in [0.1, 0.15) is 6.04 Å². The van der Waals surface area contributed by atoms with E-state index in [1.165, 1.54) is 0 Å². The van der Waals surface area contributed by atoms with Crippen LogP contribution in [0.4, 0.5) is 5.69 Å². The zero-order chi connectivity index (χ0) is 13.7. The third-order valence-electron chi connectivity index (χ3n) is 2.68. The molecule has 0 aliphatic carbocycles. The Labute approximate surface area is 120 Å². The molecule has 1 N–H and O–H groups in total. The molecule has 92 valence electrons. The fourth-order valence-electron chi connectivity index (χ4n) is 1.67. The van der Waals surface area contributed by atoms with E-state index in [9.17, 15) is 5.26 Å². The Morgan fingerprint density at radius 3 is 2.26 bits per heavy atom. The number of nitrogens with one attached hydrogen (secondary N) is 1. The third-order valence-corrected chi connectivity index (χ3v) is 3.37. The van der Waals surface area contributed by atoms with Gasteiger partial charge in [0, 0.05) is 10.2 Å². The highest BCUT2D eigenvalue weighted by Gasteiger charge is 2.11. The van der Waals surface area contributed by atoms with Crippen LogP contribution in [-0.4, -0.2) is 0 Å². The van der Waals surface area contributed by atoms with Crippen molar-refractivity contribution in [2.45, 2.75) is 6.04 Å². The third kappa shape index (κ3) is 3.13. The fraction of sp³-hybridized carbons (Fsp3) is 0.0667. The molecule has 2 aromatic carbocycles. The molecule has 0 aliphatic rings. The molecule has 0 aromatic heterocycles. The second kappa shape index (κ2) is 6.04. The standard InChI is InChI=1S/C15H10BrN3/c16-13-3-1-2-4-14(13)19-15(10-18)12-7-5-11(9-17)6-8-12/h1-8,15,19H. The number of hydrogen-bond acceptors (Lipinski definition) is 3. The lowest BCUT2D eigenvalue weighted by molar-refractivity contribution is 0.995. The van der Waals surface area contributed by atoms with Crippen LogP contribution in [0.2, 0.25) is 0 Å².